The zero-order valence-electron chi connectivity index (χ0n) is 10.9. The Morgan fingerprint density at radius 2 is 2.25 bits per heavy atom. The average Bonchev–Trinajstić information content (AvgIpc) is 2.87. The first-order valence-electron chi connectivity index (χ1n) is 6.56. The molecule has 0 radical (unpaired) electrons. The molecule has 3 rings (SSSR count). The maximum atomic E-state index is 13.3. The summed E-state index contributed by atoms with van der Waals surface area (Å²) in [4.78, 5) is 13.6. The Kier molecular flexibility index (Phi) is 3.44. The summed E-state index contributed by atoms with van der Waals surface area (Å²) in [6.07, 6.45) is 3.05. The second-order valence-corrected chi connectivity index (χ2v) is 5.99. The highest BCUT2D eigenvalue weighted by molar-refractivity contribution is 7.10. The second-order valence-electron chi connectivity index (χ2n) is 4.99. The maximum absolute atomic E-state index is 13.3. The van der Waals surface area contributed by atoms with Gasteiger partial charge in [0.15, 0.2) is 0 Å². The molecule has 1 atom stereocenters. The number of carbonyl (C=O) groups is 1. The number of hydrogen-bond acceptors (Lipinski definition) is 3. The lowest BCUT2D eigenvalue weighted by molar-refractivity contribution is 0.0932. The number of halogens is 1. The van der Waals surface area contributed by atoms with Crippen molar-refractivity contribution in [3.05, 3.63) is 51.5 Å². The Morgan fingerprint density at radius 1 is 1.40 bits per heavy atom. The van der Waals surface area contributed by atoms with Gasteiger partial charge in [-0.2, -0.15) is 0 Å². The summed E-state index contributed by atoms with van der Waals surface area (Å²) in [7, 11) is 0. The van der Waals surface area contributed by atoms with Crippen LogP contribution in [-0.2, 0) is 6.42 Å². The van der Waals surface area contributed by atoms with E-state index in [1.165, 1.54) is 28.6 Å². The predicted octanol–water partition coefficient (Wildman–Crippen LogP) is 3.28. The molecule has 0 saturated carbocycles. The van der Waals surface area contributed by atoms with Crippen molar-refractivity contribution in [1.82, 2.24) is 5.32 Å². The number of benzene rings is 1. The largest absolute Gasteiger partial charge is 0.399 e. The fourth-order valence-corrected chi connectivity index (χ4v) is 3.61. The normalized spacial score (nSPS) is 17.6. The van der Waals surface area contributed by atoms with Gasteiger partial charge in [-0.15, -0.1) is 11.3 Å². The molecule has 3 N–H and O–H groups in total. The van der Waals surface area contributed by atoms with Gasteiger partial charge in [-0.1, -0.05) is 0 Å². The Balaban J connectivity index is 1.80. The number of rotatable bonds is 2. The van der Waals surface area contributed by atoms with Gasteiger partial charge in [0.25, 0.3) is 5.91 Å². The smallest absolute Gasteiger partial charge is 0.251 e. The molecule has 2 aromatic rings. The summed E-state index contributed by atoms with van der Waals surface area (Å²) in [5.74, 6) is -0.768. The van der Waals surface area contributed by atoms with Crippen molar-refractivity contribution in [2.24, 2.45) is 0 Å². The minimum atomic E-state index is -0.491. The zero-order chi connectivity index (χ0) is 14.1. The molecule has 20 heavy (non-hydrogen) atoms. The molecule has 0 fully saturated rings. The third-order valence-corrected chi connectivity index (χ3v) is 4.54. The Labute approximate surface area is 120 Å². The first kappa shape index (κ1) is 13.1. The fraction of sp³-hybridized carbons (Fsp3) is 0.267. The number of thiophene rings is 1. The molecule has 0 aliphatic heterocycles. The van der Waals surface area contributed by atoms with Gasteiger partial charge in [-0.05, 0) is 54.5 Å². The van der Waals surface area contributed by atoms with Crippen LogP contribution in [0.2, 0.25) is 0 Å². The number of amides is 1. The van der Waals surface area contributed by atoms with Crippen LogP contribution in [0.4, 0.5) is 10.1 Å². The van der Waals surface area contributed by atoms with Gasteiger partial charge in [0, 0.05) is 16.1 Å². The van der Waals surface area contributed by atoms with E-state index >= 15 is 0 Å². The minimum Gasteiger partial charge on any atom is -0.399 e. The van der Waals surface area contributed by atoms with Crippen molar-refractivity contribution in [3.63, 3.8) is 0 Å². The molecule has 5 heteroatoms. The van der Waals surface area contributed by atoms with Crippen LogP contribution in [0.15, 0.2) is 29.6 Å². The quantitative estimate of drug-likeness (QED) is 0.834. The molecule has 1 aromatic carbocycles. The lowest BCUT2D eigenvalue weighted by Gasteiger charge is -2.23. The van der Waals surface area contributed by atoms with Gasteiger partial charge in [-0.25, -0.2) is 4.39 Å². The number of carbonyl (C=O) groups excluding carboxylic acids is 1. The molecule has 0 saturated heterocycles. The summed E-state index contributed by atoms with van der Waals surface area (Å²) >= 11 is 1.73. The minimum absolute atomic E-state index is 0.0157. The van der Waals surface area contributed by atoms with Gasteiger partial charge >= 0.3 is 0 Å². The number of nitrogens with one attached hydrogen (secondary N) is 1. The number of hydrogen-bond donors (Lipinski definition) is 2. The van der Waals surface area contributed by atoms with Crippen molar-refractivity contribution in [2.45, 2.75) is 25.3 Å². The van der Waals surface area contributed by atoms with Crippen molar-refractivity contribution < 1.29 is 9.18 Å². The Bertz CT molecular complexity index is 633. The molecule has 104 valence electrons. The maximum Gasteiger partial charge on any atom is 0.251 e. The van der Waals surface area contributed by atoms with Gasteiger partial charge < -0.3 is 11.1 Å². The van der Waals surface area contributed by atoms with Crippen LogP contribution < -0.4 is 11.1 Å². The molecular formula is C15H15FN2OS. The molecule has 1 unspecified atom stereocenters. The number of fused-ring (bicyclic) bond motifs is 1. The summed E-state index contributed by atoms with van der Waals surface area (Å²) < 4.78 is 13.3. The van der Waals surface area contributed by atoms with E-state index in [2.05, 4.69) is 16.8 Å². The van der Waals surface area contributed by atoms with Gasteiger partial charge in [0.05, 0.1) is 6.04 Å². The van der Waals surface area contributed by atoms with E-state index in [4.69, 9.17) is 5.73 Å². The number of nitrogens with two attached hydrogens (primary N) is 1. The van der Waals surface area contributed by atoms with E-state index in [9.17, 15) is 9.18 Å². The third-order valence-electron chi connectivity index (χ3n) is 3.54. The first-order chi connectivity index (χ1) is 9.63. The summed E-state index contributed by atoms with van der Waals surface area (Å²) in [6, 6.07) is 5.99. The molecule has 1 aliphatic rings. The van der Waals surface area contributed by atoms with Crippen LogP contribution in [0.3, 0.4) is 0 Å². The second kappa shape index (κ2) is 5.25. The van der Waals surface area contributed by atoms with Gasteiger partial charge in [-0.3, -0.25) is 4.79 Å². The van der Waals surface area contributed by atoms with Crippen molar-refractivity contribution in [1.29, 1.82) is 0 Å². The molecule has 3 nitrogen and oxygen atoms in total. The van der Waals surface area contributed by atoms with E-state index < -0.39 is 5.82 Å². The van der Waals surface area contributed by atoms with E-state index in [0.717, 1.165) is 19.3 Å². The summed E-state index contributed by atoms with van der Waals surface area (Å²) in [5.41, 5.74) is 7.29. The highest BCUT2D eigenvalue weighted by atomic mass is 32.1. The van der Waals surface area contributed by atoms with Crippen molar-refractivity contribution >= 4 is 22.9 Å². The molecule has 1 aromatic heterocycles. The van der Waals surface area contributed by atoms with E-state index in [-0.39, 0.29) is 23.2 Å². The predicted molar refractivity (Wildman–Crippen MR) is 78.3 cm³/mol. The Morgan fingerprint density at radius 3 is 3.05 bits per heavy atom. The lowest BCUT2D eigenvalue weighted by atomic mass is 9.94. The molecule has 1 aliphatic carbocycles. The SMILES string of the molecule is Nc1cc(F)cc(C(=O)NC2CCCc3sccc32)c1. The zero-order valence-corrected chi connectivity index (χ0v) is 11.7. The first-order valence-corrected chi connectivity index (χ1v) is 7.44. The number of aryl methyl sites for hydroxylation is 1. The van der Waals surface area contributed by atoms with E-state index in [1.807, 2.05) is 0 Å². The fourth-order valence-electron chi connectivity index (χ4n) is 2.62. The van der Waals surface area contributed by atoms with Crippen molar-refractivity contribution in [3.8, 4) is 0 Å². The van der Waals surface area contributed by atoms with Crippen LogP contribution in [0, 0.1) is 5.82 Å². The number of nitrogen functional groups attached to an aromatic ring is 1. The van der Waals surface area contributed by atoms with Gasteiger partial charge in [0.1, 0.15) is 5.82 Å². The molecule has 1 heterocycles. The monoisotopic (exact) mass is 290 g/mol. The van der Waals surface area contributed by atoms with Crippen molar-refractivity contribution in [2.75, 3.05) is 5.73 Å². The van der Waals surface area contributed by atoms with E-state index in [1.54, 1.807) is 11.3 Å². The van der Waals surface area contributed by atoms with Crippen LogP contribution in [0.25, 0.3) is 0 Å². The third kappa shape index (κ3) is 2.54. The highest BCUT2D eigenvalue weighted by Gasteiger charge is 2.23. The van der Waals surface area contributed by atoms with E-state index in [0.29, 0.717) is 0 Å². The van der Waals surface area contributed by atoms with Crippen LogP contribution in [0.5, 0.6) is 0 Å². The molecule has 0 spiro atoms. The lowest BCUT2D eigenvalue weighted by Crippen LogP contribution is -2.30. The summed E-state index contributed by atoms with van der Waals surface area (Å²) in [5, 5.41) is 5.03. The highest BCUT2D eigenvalue weighted by Crippen LogP contribution is 2.33. The van der Waals surface area contributed by atoms with Crippen LogP contribution in [0.1, 0.15) is 39.7 Å². The summed E-state index contributed by atoms with van der Waals surface area (Å²) in [6.45, 7) is 0. The topological polar surface area (TPSA) is 55.1 Å². The number of anilines is 1. The molecule has 1 amide bonds. The van der Waals surface area contributed by atoms with Crippen LogP contribution >= 0.6 is 11.3 Å². The average molecular weight is 290 g/mol. The van der Waals surface area contributed by atoms with Gasteiger partial charge in [0.2, 0.25) is 0 Å². The molecule has 0 bridgehead atoms. The standard InChI is InChI=1S/C15H15FN2OS/c16-10-6-9(7-11(17)8-10)15(19)18-13-2-1-3-14-12(13)4-5-20-14/h4-8,13H,1-3,17H2,(H,18,19). The molecular weight excluding hydrogens is 275 g/mol. The Hall–Kier alpha value is -1.88. The van der Waals surface area contributed by atoms with Crippen LogP contribution in [-0.4, -0.2) is 5.91 Å².